The van der Waals surface area contributed by atoms with Crippen LogP contribution in [0.2, 0.25) is 0 Å². The Bertz CT molecular complexity index is 299. The van der Waals surface area contributed by atoms with E-state index in [1.165, 1.54) is 6.42 Å². The van der Waals surface area contributed by atoms with E-state index in [9.17, 15) is 0 Å². The summed E-state index contributed by atoms with van der Waals surface area (Å²) in [5, 5.41) is 11.6. The van der Waals surface area contributed by atoms with Gasteiger partial charge in [-0.25, -0.2) is 0 Å². The second-order valence-corrected chi connectivity index (χ2v) is 4.86. The highest BCUT2D eigenvalue weighted by molar-refractivity contribution is 4.90. The summed E-state index contributed by atoms with van der Waals surface area (Å²) in [6.45, 7) is 7.77. The molecular formula is C11H20N4. The predicted molar refractivity (Wildman–Crippen MR) is 59.5 cm³/mol. The van der Waals surface area contributed by atoms with E-state index in [2.05, 4.69) is 33.9 Å². The Labute approximate surface area is 91.1 Å². The predicted octanol–water partition coefficient (Wildman–Crippen LogP) is 1.09. The van der Waals surface area contributed by atoms with Gasteiger partial charge in [-0.1, -0.05) is 13.8 Å². The van der Waals surface area contributed by atoms with Gasteiger partial charge in [0.1, 0.15) is 12.2 Å². The van der Waals surface area contributed by atoms with Crippen LogP contribution < -0.4 is 5.32 Å². The van der Waals surface area contributed by atoms with Crippen molar-refractivity contribution in [3.63, 3.8) is 0 Å². The molecule has 15 heavy (non-hydrogen) atoms. The van der Waals surface area contributed by atoms with Gasteiger partial charge in [0, 0.05) is 13.0 Å². The Morgan fingerprint density at radius 2 is 2.47 bits per heavy atom. The maximum absolute atomic E-state index is 4.22. The molecule has 84 valence electrons. The minimum absolute atomic E-state index is 0.654. The van der Waals surface area contributed by atoms with Crippen molar-refractivity contribution in [2.75, 3.05) is 13.1 Å². The zero-order valence-electron chi connectivity index (χ0n) is 9.61. The van der Waals surface area contributed by atoms with E-state index in [-0.39, 0.29) is 0 Å². The molecule has 1 aliphatic rings. The molecule has 1 atom stereocenters. The van der Waals surface area contributed by atoms with E-state index < -0.39 is 0 Å². The first-order valence-corrected chi connectivity index (χ1v) is 5.83. The van der Waals surface area contributed by atoms with Gasteiger partial charge in [-0.05, 0) is 31.3 Å². The summed E-state index contributed by atoms with van der Waals surface area (Å²) in [5.74, 6) is 2.55. The van der Waals surface area contributed by atoms with Gasteiger partial charge in [-0.2, -0.15) is 0 Å². The molecule has 0 amide bonds. The van der Waals surface area contributed by atoms with Crippen LogP contribution in [-0.2, 0) is 13.0 Å². The van der Waals surface area contributed by atoms with Gasteiger partial charge < -0.3 is 9.88 Å². The molecule has 1 fully saturated rings. The SMILES string of the molecule is CC(C)Cn1cnnc1CC1CCNC1. The van der Waals surface area contributed by atoms with Gasteiger partial charge in [-0.15, -0.1) is 10.2 Å². The first-order chi connectivity index (χ1) is 7.25. The summed E-state index contributed by atoms with van der Waals surface area (Å²) in [6.07, 6.45) is 4.20. The molecule has 1 aliphatic heterocycles. The third-order valence-corrected chi connectivity index (χ3v) is 2.89. The lowest BCUT2D eigenvalue weighted by Gasteiger charge is -2.11. The summed E-state index contributed by atoms with van der Waals surface area (Å²) < 4.78 is 2.20. The largest absolute Gasteiger partial charge is 0.317 e. The van der Waals surface area contributed by atoms with Crippen LogP contribution in [0.1, 0.15) is 26.1 Å². The summed E-state index contributed by atoms with van der Waals surface area (Å²) in [5.41, 5.74) is 0. The monoisotopic (exact) mass is 208 g/mol. The van der Waals surface area contributed by atoms with Gasteiger partial charge >= 0.3 is 0 Å². The van der Waals surface area contributed by atoms with Crippen molar-refractivity contribution >= 4 is 0 Å². The molecule has 0 bridgehead atoms. The van der Waals surface area contributed by atoms with Crippen LogP contribution in [0.25, 0.3) is 0 Å². The first-order valence-electron chi connectivity index (χ1n) is 5.83. The molecule has 0 aliphatic carbocycles. The standard InChI is InChI=1S/C11H20N4/c1-9(2)7-15-8-13-14-11(15)5-10-3-4-12-6-10/h8-10,12H,3-7H2,1-2H3. The lowest BCUT2D eigenvalue weighted by molar-refractivity contribution is 0.480. The molecular weight excluding hydrogens is 188 g/mol. The second kappa shape index (κ2) is 4.75. The molecule has 0 aromatic carbocycles. The molecule has 2 heterocycles. The lowest BCUT2D eigenvalue weighted by atomic mass is 10.0. The Morgan fingerprint density at radius 1 is 1.60 bits per heavy atom. The first kappa shape index (κ1) is 10.6. The number of rotatable bonds is 4. The second-order valence-electron chi connectivity index (χ2n) is 4.86. The molecule has 1 saturated heterocycles. The Hall–Kier alpha value is -0.900. The number of hydrogen-bond donors (Lipinski definition) is 1. The number of hydrogen-bond acceptors (Lipinski definition) is 3. The number of aromatic nitrogens is 3. The van der Waals surface area contributed by atoms with Gasteiger partial charge in [0.25, 0.3) is 0 Å². The zero-order chi connectivity index (χ0) is 10.7. The van der Waals surface area contributed by atoms with Crippen molar-refractivity contribution in [3.8, 4) is 0 Å². The molecule has 0 spiro atoms. The Morgan fingerprint density at radius 3 is 3.13 bits per heavy atom. The van der Waals surface area contributed by atoms with Crippen molar-refractivity contribution < 1.29 is 0 Å². The number of nitrogens with zero attached hydrogens (tertiary/aromatic N) is 3. The fourth-order valence-electron chi connectivity index (χ4n) is 2.13. The minimum Gasteiger partial charge on any atom is -0.317 e. The minimum atomic E-state index is 0.654. The van der Waals surface area contributed by atoms with Crippen LogP contribution in [0.3, 0.4) is 0 Å². The Kier molecular flexibility index (Phi) is 3.36. The quantitative estimate of drug-likeness (QED) is 0.805. The highest BCUT2D eigenvalue weighted by atomic mass is 15.3. The van der Waals surface area contributed by atoms with Crippen LogP contribution in [0.15, 0.2) is 6.33 Å². The molecule has 2 rings (SSSR count). The van der Waals surface area contributed by atoms with Crippen LogP contribution in [0, 0.1) is 11.8 Å². The number of nitrogens with one attached hydrogen (secondary N) is 1. The van der Waals surface area contributed by atoms with Crippen molar-refractivity contribution in [2.24, 2.45) is 11.8 Å². The Balaban J connectivity index is 1.97. The van der Waals surface area contributed by atoms with E-state index in [4.69, 9.17) is 0 Å². The van der Waals surface area contributed by atoms with Crippen LogP contribution in [-0.4, -0.2) is 27.9 Å². The lowest BCUT2D eigenvalue weighted by Crippen LogP contribution is -2.15. The zero-order valence-corrected chi connectivity index (χ0v) is 9.61. The van der Waals surface area contributed by atoms with Gasteiger partial charge in [-0.3, -0.25) is 0 Å². The molecule has 4 heteroatoms. The van der Waals surface area contributed by atoms with Crippen molar-refractivity contribution in [3.05, 3.63) is 12.2 Å². The molecule has 1 aromatic heterocycles. The van der Waals surface area contributed by atoms with Gasteiger partial charge in [0.05, 0.1) is 0 Å². The van der Waals surface area contributed by atoms with Gasteiger partial charge in [0.15, 0.2) is 0 Å². The van der Waals surface area contributed by atoms with Crippen LogP contribution in [0.4, 0.5) is 0 Å². The smallest absolute Gasteiger partial charge is 0.133 e. The maximum Gasteiger partial charge on any atom is 0.133 e. The van der Waals surface area contributed by atoms with Crippen LogP contribution >= 0.6 is 0 Å². The summed E-state index contributed by atoms with van der Waals surface area (Å²) >= 11 is 0. The van der Waals surface area contributed by atoms with Crippen molar-refractivity contribution in [1.29, 1.82) is 0 Å². The fourth-order valence-corrected chi connectivity index (χ4v) is 2.13. The van der Waals surface area contributed by atoms with Crippen molar-refractivity contribution in [1.82, 2.24) is 20.1 Å². The normalized spacial score (nSPS) is 21.4. The van der Waals surface area contributed by atoms with Gasteiger partial charge in [0.2, 0.25) is 0 Å². The van der Waals surface area contributed by atoms with E-state index in [1.54, 1.807) is 0 Å². The highest BCUT2D eigenvalue weighted by Gasteiger charge is 2.17. The summed E-state index contributed by atoms with van der Waals surface area (Å²) in [4.78, 5) is 0. The average Bonchev–Trinajstić information content (AvgIpc) is 2.78. The molecule has 0 radical (unpaired) electrons. The molecule has 0 saturated carbocycles. The topological polar surface area (TPSA) is 42.7 Å². The summed E-state index contributed by atoms with van der Waals surface area (Å²) in [7, 11) is 0. The van der Waals surface area contributed by atoms with Crippen molar-refractivity contribution in [2.45, 2.75) is 33.2 Å². The maximum atomic E-state index is 4.22. The van der Waals surface area contributed by atoms with E-state index in [0.717, 1.165) is 37.8 Å². The van der Waals surface area contributed by atoms with Crippen LogP contribution in [0.5, 0.6) is 0 Å². The average molecular weight is 208 g/mol. The third-order valence-electron chi connectivity index (χ3n) is 2.89. The molecule has 1 aromatic rings. The molecule has 1 unspecified atom stereocenters. The molecule has 1 N–H and O–H groups in total. The fraction of sp³-hybridized carbons (Fsp3) is 0.818. The summed E-state index contributed by atoms with van der Waals surface area (Å²) in [6, 6.07) is 0. The van der Waals surface area contributed by atoms with E-state index in [0.29, 0.717) is 5.92 Å². The van der Waals surface area contributed by atoms with E-state index >= 15 is 0 Å². The van der Waals surface area contributed by atoms with E-state index in [1.807, 2.05) is 6.33 Å². The molecule has 4 nitrogen and oxygen atoms in total. The third kappa shape index (κ3) is 2.78. The highest BCUT2D eigenvalue weighted by Crippen LogP contribution is 2.14.